The van der Waals surface area contributed by atoms with Crippen molar-refractivity contribution >= 4 is 5.69 Å². The number of hydrogen-bond donors (Lipinski definition) is 0. The molecule has 0 fully saturated rings. The van der Waals surface area contributed by atoms with E-state index >= 15 is 0 Å². The van der Waals surface area contributed by atoms with Crippen molar-refractivity contribution in [3.63, 3.8) is 0 Å². The van der Waals surface area contributed by atoms with Crippen LogP contribution in [0.4, 0.5) is 5.69 Å². The third-order valence-corrected chi connectivity index (χ3v) is 5.82. The summed E-state index contributed by atoms with van der Waals surface area (Å²) >= 11 is 0. The van der Waals surface area contributed by atoms with Crippen LogP contribution in [0.2, 0.25) is 0 Å². The molecule has 127 valence electrons. The van der Waals surface area contributed by atoms with E-state index in [1.54, 1.807) is 0 Å². The first-order chi connectivity index (χ1) is 11.6. The maximum absolute atomic E-state index is 13.5. The summed E-state index contributed by atoms with van der Waals surface area (Å²) in [5.41, 5.74) is 2.39. The molecule has 2 aromatic carbocycles. The van der Waals surface area contributed by atoms with Gasteiger partial charge in [-0.2, -0.15) is 0 Å². The smallest absolute Gasteiger partial charge is 0.104 e. The average molecular weight is 322 g/mol. The molecule has 1 heterocycles. The van der Waals surface area contributed by atoms with E-state index in [2.05, 4.69) is 51.1 Å². The SMILES string of the molecule is CCCCCCC1(c2ccccc2)N([O])c2ccccc2C1(C)C. The van der Waals surface area contributed by atoms with Gasteiger partial charge in [0, 0.05) is 5.41 Å². The minimum atomic E-state index is -0.522. The Morgan fingerprint density at radius 1 is 0.875 bits per heavy atom. The Hall–Kier alpha value is -1.80. The third kappa shape index (κ3) is 2.44. The molecule has 1 aliphatic rings. The number of para-hydroxylation sites is 1. The summed E-state index contributed by atoms with van der Waals surface area (Å²) in [7, 11) is 0. The van der Waals surface area contributed by atoms with Crippen molar-refractivity contribution in [2.24, 2.45) is 0 Å². The number of benzene rings is 2. The molecule has 0 spiro atoms. The Labute approximate surface area is 146 Å². The topological polar surface area (TPSA) is 23.1 Å². The maximum atomic E-state index is 13.5. The molecule has 24 heavy (non-hydrogen) atoms. The zero-order valence-corrected chi connectivity index (χ0v) is 15.1. The van der Waals surface area contributed by atoms with Crippen LogP contribution in [0, 0.1) is 0 Å². The van der Waals surface area contributed by atoms with Gasteiger partial charge in [-0.3, -0.25) is 0 Å². The quantitative estimate of drug-likeness (QED) is 0.598. The molecule has 0 bridgehead atoms. The van der Waals surface area contributed by atoms with Crippen LogP contribution in [-0.4, -0.2) is 0 Å². The molecule has 0 amide bonds. The first-order valence-corrected chi connectivity index (χ1v) is 9.18. The molecular weight excluding hydrogens is 294 g/mol. The number of anilines is 1. The van der Waals surface area contributed by atoms with Crippen LogP contribution in [-0.2, 0) is 16.2 Å². The molecule has 0 N–H and O–H groups in total. The fraction of sp³-hybridized carbons (Fsp3) is 0.455. The summed E-state index contributed by atoms with van der Waals surface area (Å²) in [6.45, 7) is 6.69. The van der Waals surface area contributed by atoms with E-state index in [-0.39, 0.29) is 5.41 Å². The van der Waals surface area contributed by atoms with Gasteiger partial charge in [0.1, 0.15) is 5.54 Å². The van der Waals surface area contributed by atoms with Gasteiger partial charge in [-0.15, -0.1) is 0 Å². The van der Waals surface area contributed by atoms with E-state index < -0.39 is 5.54 Å². The minimum absolute atomic E-state index is 0.223. The molecule has 2 heteroatoms. The Morgan fingerprint density at radius 2 is 1.54 bits per heavy atom. The molecule has 1 aliphatic heterocycles. The Kier molecular flexibility index (Phi) is 4.69. The summed E-state index contributed by atoms with van der Waals surface area (Å²) in [6, 6.07) is 18.5. The second kappa shape index (κ2) is 6.60. The first-order valence-electron chi connectivity index (χ1n) is 9.18. The fourth-order valence-electron chi connectivity index (χ4n) is 4.42. The number of nitrogens with zero attached hydrogens (tertiary/aromatic N) is 1. The van der Waals surface area contributed by atoms with Crippen molar-refractivity contribution in [1.82, 2.24) is 0 Å². The van der Waals surface area contributed by atoms with Crippen molar-refractivity contribution in [3.8, 4) is 0 Å². The highest BCUT2D eigenvalue weighted by atomic mass is 16.5. The third-order valence-electron chi connectivity index (χ3n) is 5.82. The maximum Gasteiger partial charge on any atom is 0.104 e. The lowest BCUT2D eigenvalue weighted by Gasteiger charge is -2.44. The zero-order chi connectivity index (χ0) is 17.2. The summed E-state index contributed by atoms with van der Waals surface area (Å²) < 4.78 is 0. The Bertz CT molecular complexity index is 679. The second-order valence-electron chi connectivity index (χ2n) is 7.47. The lowest BCUT2D eigenvalue weighted by atomic mass is 9.65. The molecule has 2 aromatic rings. The van der Waals surface area contributed by atoms with E-state index in [9.17, 15) is 5.21 Å². The number of rotatable bonds is 6. The van der Waals surface area contributed by atoms with Gasteiger partial charge in [0.25, 0.3) is 0 Å². The summed E-state index contributed by atoms with van der Waals surface area (Å²) in [5.74, 6) is 0. The van der Waals surface area contributed by atoms with Gasteiger partial charge in [-0.25, -0.2) is 5.06 Å². The normalized spacial score (nSPS) is 21.8. The fourth-order valence-corrected chi connectivity index (χ4v) is 4.42. The number of hydrogen-bond acceptors (Lipinski definition) is 1. The molecular formula is C22H28NO. The van der Waals surface area contributed by atoms with Crippen LogP contribution in [0.3, 0.4) is 0 Å². The van der Waals surface area contributed by atoms with Crippen LogP contribution >= 0.6 is 0 Å². The monoisotopic (exact) mass is 322 g/mol. The van der Waals surface area contributed by atoms with Gasteiger partial charge in [-0.1, -0.05) is 100 Å². The van der Waals surface area contributed by atoms with Crippen molar-refractivity contribution in [2.75, 3.05) is 5.06 Å². The minimum Gasteiger partial charge on any atom is -0.209 e. The Morgan fingerprint density at radius 3 is 2.21 bits per heavy atom. The number of hydroxylamine groups is 1. The van der Waals surface area contributed by atoms with Crippen LogP contribution < -0.4 is 5.06 Å². The zero-order valence-electron chi connectivity index (χ0n) is 15.1. The molecule has 1 unspecified atom stereocenters. The molecule has 1 atom stereocenters. The van der Waals surface area contributed by atoms with Gasteiger partial charge >= 0.3 is 0 Å². The standard InChI is InChI=1S/C22H28NO/c1-4-5-6-12-17-22(18-13-8-7-9-14-18)21(2,3)19-15-10-11-16-20(19)23(22)24/h7-11,13-16H,4-6,12,17H2,1-3H3. The highest BCUT2D eigenvalue weighted by Crippen LogP contribution is 2.58. The summed E-state index contributed by atoms with van der Waals surface area (Å²) in [4.78, 5) is 0. The van der Waals surface area contributed by atoms with Crippen molar-refractivity contribution < 1.29 is 5.21 Å². The molecule has 3 rings (SSSR count). The second-order valence-corrected chi connectivity index (χ2v) is 7.47. The predicted octanol–water partition coefficient (Wildman–Crippen LogP) is 6.00. The van der Waals surface area contributed by atoms with Gasteiger partial charge < -0.3 is 0 Å². The molecule has 2 nitrogen and oxygen atoms in total. The van der Waals surface area contributed by atoms with Gasteiger partial charge in [0.2, 0.25) is 0 Å². The largest absolute Gasteiger partial charge is 0.209 e. The van der Waals surface area contributed by atoms with E-state index in [1.807, 2.05) is 24.3 Å². The molecule has 0 aliphatic carbocycles. The number of unbranched alkanes of at least 4 members (excludes halogenated alkanes) is 3. The van der Waals surface area contributed by atoms with E-state index in [0.29, 0.717) is 0 Å². The highest BCUT2D eigenvalue weighted by molar-refractivity contribution is 5.66. The molecule has 1 radical (unpaired) electrons. The average Bonchev–Trinajstić information content (AvgIpc) is 2.78. The first kappa shape index (κ1) is 17.0. The molecule has 0 saturated carbocycles. The predicted molar refractivity (Wildman–Crippen MR) is 99.5 cm³/mol. The van der Waals surface area contributed by atoms with Crippen LogP contribution in [0.25, 0.3) is 0 Å². The molecule has 0 aromatic heterocycles. The van der Waals surface area contributed by atoms with Crippen LogP contribution in [0.1, 0.15) is 64.0 Å². The highest BCUT2D eigenvalue weighted by Gasteiger charge is 2.58. The molecule has 0 saturated heterocycles. The van der Waals surface area contributed by atoms with Crippen molar-refractivity contribution in [1.29, 1.82) is 0 Å². The Balaban J connectivity index is 2.09. The van der Waals surface area contributed by atoms with Crippen LogP contribution in [0.5, 0.6) is 0 Å². The lowest BCUT2D eigenvalue weighted by Crippen LogP contribution is -2.51. The lowest BCUT2D eigenvalue weighted by molar-refractivity contribution is 0.0465. The van der Waals surface area contributed by atoms with Gasteiger partial charge in [0.15, 0.2) is 0 Å². The van der Waals surface area contributed by atoms with Gasteiger partial charge in [0.05, 0.1) is 5.69 Å². The van der Waals surface area contributed by atoms with E-state index in [1.165, 1.54) is 29.9 Å². The van der Waals surface area contributed by atoms with Crippen LogP contribution in [0.15, 0.2) is 54.6 Å². The van der Waals surface area contributed by atoms with E-state index in [4.69, 9.17) is 0 Å². The van der Waals surface area contributed by atoms with Gasteiger partial charge in [-0.05, 0) is 23.6 Å². The summed E-state index contributed by atoms with van der Waals surface area (Å²) in [6.07, 6.45) is 5.60. The van der Waals surface area contributed by atoms with Crippen molar-refractivity contribution in [2.45, 2.75) is 63.8 Å². The summed E-state index contributed by atoms with van der Waals surface area (Å²) in [5, 5.41) is 14.8. The number of fused-ring (bicyclic) bond motifs is 1. The van der Waals surface area contributed by atoms with Crippen molar-refractivity contribution in [3.05, 3.63) is 65.7 Å². The van der Waals surface area contributed by atoms with E-state index in [0.717, 1.165) is 24.1 Å².